The molecule has 0 saturated heterocycles. The van der Waals surface area contributed by atoms with Crippen molar-refractivity contribution in [3.63, 3.8) is 0 Å². The van der Waals surface area contributed by atoms with Gasteiger partial charge in [0.1, 0.15) is 17.8 Å². The first-order valence-electron chi connectivity index (χ1n) is 6.30. The third-order valence-corrected chi connectivity index (χ3v) is 3.63. The molecule has 1 heterocycles. The topological polar surface area (TPSA) is 162 Å². The summed E-state index contributed by atoms with van der Waals surface area (Å²) in [6, 6.07) is -0.694. The predicted octanol–water partition coefficient (Wildman–Crippen LogP) is -7.05. The van der Waals surface area contributed by atoms with Crippen LogP contribution < -0.4 is 85.7 Å². The zero-order valence-corrected chi connectivity index (χ0v) is 18.6. The summed E-state index contributed by atoms with van der Waals surface area (Å²) >= 11 is 0. The maximum atomic E-state index is 14.1. The monoisotopic (exact) mass is 387 g/mol. The summed E-state index contributed by atoms with van der Waals surface area (Å²) in [7, 11) is -4.99. The molecule has 25 heavy (non-hydrogen) atoms. The van der Waals surface area contributed by atoms with Crippen LogP contribution in [0.5, 0.6) is 0 Å². The number of hydrogen-bond acceptors (Lipinski definition) is 9. The quantitative estimate of drug-likeness (QED) is 0.253. The van der Waals surface area contributed by atoms with Gasteiger partial charge in [0.15, 0.2) is 17.2 Å². The summed E-state index contributed by atoms with van der Waals surface area (Å²) in [6.07, 6.45) is 6.14. The molecule has 13 heteroatoms. The van der Waals surface area contributed by atoms with E-state index in [0.29, 0.717) is 0 Å². The van der Waals surface area contributed by atoms with Crippen LogP contribution in [0.3, 0.4) is 0 Å². The molecule has 1 aliphatic carbocycles. The molecule has 0 radical (unpaired) electrons. The van der Waals surface area contributed by atoms with Gasteiger partial charge in [-0.1, -0.05) is 5.92 Å². The normalized spacial score (nSPS) is 22.2. The zero-order valence-electron chi connectivity index (χ0n) is 13.7. The molecule has 0 spiro atoms. The third kappa shape index (κ3) is 6.19. The van der Waals surface area contributed by atoms with Crippen molar-refractivity contribution >= 4 is 24.9 Å². The average molecular weight is 387 g/mol. The number of hydrogen-bond donors (Lipinski definition) is 3. The molecule has 2 rings (SSSR count). The Morgan fingerprint density at radius 1 is 1.48 bits per heavy atom. The van der Waals surface area contributed by atoms with E-state index in [2.05, 4.69) is 15.3 Å². The molecule has 0 fully saturated rings. The van der Waals surface area contributed by atoms with E-state index >= 15 is 0 Å². The fourth-order valence-corrected chi connectivity index (χ4v) is 2.44. The van der Waals surface area contributed by atoms with E-state index in [4.69, 9.17) is 22.6 Å². The molecule has 1 aliphatic rings. The number of nitrogens with one attached hydrogen (secondary N) is 1. The molecule has 1 aromatic rings. The number of nitrogen functional groups attached to an aromatic ring is 2. The molecule has 9 nitrogen and oxygen atoms in total. The molecule has 124 valence electrons. The van der Waals surface area contributed by atoms with Gasteiger partial charge >= 0.3 is 59.1 Å². The van der Waals surface area contributed by atoms with Crippen LogP contribution in [-0.4, -0.2) is 28.0 Å². The van der Waals surface area contributed by atoms with E-state index in [1.807, 2.05) is 5.92 Å². The summed E-state index contributed by atoms with van der Waals surface area (Å²) in [5, 5.41) is 2.79. The molecular weight excluding hydrogens is 374 g/mol. The van der Waals surface area contributed by atoms with Gasteiger partial charge in [-0.15, -0.1) is 6.42 Å². The van der Waals surface area contributed by atoms with Crippen molar-refractivity contribution in [3.8, 4) is 12.3 Å². The van der Waals surface area contributed by atoms with Gasteiger partial charge in [-0.3, -0.25) is 0 Å². The van der Waals surface area contributed by atoms with Crippen LogP contribution in [0.25, 0.3) is 0 Å². The average Bonchev–Trinajstić information content (AvgIpc) is 2.78. The minimum absolute atomic E-state index is 0. The number of terminal acetylenes is 1. The SMILES string of the molecule is C#CC1(OCP(=O)([O-])[O-])CC(Nc2ncnc(N)c2N)C=C1F.[Na+].[Na+]. The van der Waals surface area contributed by atoms with Gasteiger partial charge in [0.2, 0.25) is 0 Å². The summed E-state index contributed by atoms with van der Waals surface area (Å²) < 4.78 is 29.6. The van der Waals surface area contributed by atoms with Crippen molar-refractivity contribution in [3.05, 3.63) is 18.2 Å². The first-order valence-corrected chi connectivity index (χ1v) is 8.03. The molecule has 2 unspecified atom stereocenters. The van der Waals surface area contributed by atoms with Crippen LogP contribution in [0.15, 0.2) is 18.2 Å². The van der Waals surface area contributed by atoms with Crippen LogP contribution in [0.2, 0.25) is 0 Å². The largest absolute Gasteiger partial charge is 1.00 e. The Morgan fingerprint density at radius 3 is 2.68 bits per heavy atom. The van der Waals surface area contributed by atoms with Gasteiger partial charge in [-0.25, -0.2) is 14.4 Å². The van der Waals surface area contributed by atoms with E-state index in [9.17, 15) is 18.7 Å². The summed E-state index contributed by atoms with van der Waals surface area (Å²) in [6.45, 7) is 0. The Morgan fingerprint density at radius 2 is 2.12 bits per heavy atom. The Kier molecular flexibility index (Phi) is 9.60. The van der Waals surface area contributed by atoms with E-state index in [-0.39, 0.29) is 82.9 Å². The zero-order chi connectivity index (χ0) is 17.3. The number of anilines is 3. The van der Waals surface area contributed by atoms with Crippen LogP contribution in [0.1, 0.15) is 6.42 Å². The maximum Gasteiger partial charge on any atom is 1.00 e. The van der Waals surface area contributed by atoms with Crippen molar-refractivity contribution in [2.24, 2.45) is 0 Å². The van der Waals surface area contributed by atoms with Gasteiger partial charge in [0.25, 0.3) is 0 Å². The first kappa shape index (κ1) is 24.8. The molecule has 0 aromatic carbocycles. The summed E-state index contributed by atoms with van der Waals surface area (Å²) in [5.41, 5.74) is 9.37. The predicted molar refractivity (Wildman–Crippen MR) is 77.2 cm³/mol. The Bertz CT molecular complexity index is 741. The van der Waals surface area contributed by atoms with Crippen LogP contribution in [-0.2, 0) is 9.30 Å². The van der Waals surface area contributed by atoms with Crippen molar-refractivity contribution < 1.29 is 82.6 Å². The maximum absolute atomic E-state index is 14.1. The minimum Gasteiger partial charge on any atom is -0.809 e. The second-order valence-electron chi connectivity index (χ2n) is 4.85. The smallest absolute Gasteiger partial charge is 0.809 e. The van der Waals surface area contributed by atoms with Crippen molar-refractivity contribution in [2.45, 2.75) is 18.1 Å². The molecule has 0 bridgehead atoms. The molecule has 1 aromatic heterocycles. The second-order valence-corrected chi connectivity index (χ2v) is 6.33. The third-order valence-electron chi connectivity index (χ3n) is 3.18. The van der Waals surface area contributed by atoms with Gasteiger partial charge in [-0.05, 0) is 13.7 Å². The van der Waals surface area contributed by atoms with Crippen LogP contribution >= 0.6 is 7.60 Å². The van der Waals surface area contributed by atoms with Crippen LogP contribution in [0.4, 0.5) is 21.7 Å². The molecule has 0 saturated carbocycles. The van der Waals surface area contributed by atoms with Crippen molar-refractivity contribution in [1.82, 2.24) is 9.97 Å². The number of aromatic nitrogens is 2. The Labute approximate surface area is 187 Å². The number of halogens is 1. The fourth-order valence-electron chi connectivity index (χ4n) is 2.06. The van der Waals surface area contributed by atoms with E-state index < -0.39 is 31.4 Å². The Hall–Kier alpha value is -0.180. The minimum atomic E-state index is -4.99. The van der Waals surface area contributed by atoms with Gasteiger partial charge in [0, 0.05) is 6.42 Å². The van der Waals surface area contributed by atoms with Crippen molar-refractivity contribution in [1.29, 1.82) is 0 Å². The van der Waals surface area contributed by atoms with E-state index in [0.717, 1.165) is 6.08 Å². The summed E-state index contributed by atoms with van der Waals surface area (Å²) in [5.74, 6) is 1.37. The number of nitrogens with zero attached hydrogens (tertiary/aromatic N) is 2. The van der Waals surface area contributed by atoms with Crippen LogP contribution in [0, 0.1) is 12.3 Å². The summed E-state index contributed by atoms with van der Waals surface area (Å²) in [4.78, 5) is 28.9. The Balaban J connectivity index is 0.00000288. The van der Waals surface area contributed by atoms with Gasteiger partial charge in [0.05, 0.1) is 12.4 Å². The van der Waals surface area contributed by atoms with Crippen molar-refractivity contribution in [2.75, 3.05) is 23.1 Å². The first-order chi connectivity index (χ1) is 10.7. The standard InChI is InChI=1S/C12H15FN5O4P.2Na/c1-2-12(22-6-23(19,20)21)4-7(3-8(12)13)18-11-9(14)10(15)16-5-17-11;;/h1,3,5,7H,4,6,14H2,(H2,19,20,21)(H3,15,16,17,18);;/q;2*+1/p-2. The molecule has 2 atom stereocenters. The molecule has 0 aliphatic heterocycles. The number of nitrogens with two attached hydrogens (primary N) is 2. The van der Waals surface area contributed by atoms with E-state index in [1.54, 1.807) is 0 Å². The fraction of sp³-hybridized carbons (Fsp3) is 0.333. The molecular formula is C12H13FN5Na2O4P. The van der Waals surface area contributed by atoms with E-state index in [1.165, 1.54) is 6.33 Å². The van der Waals surface area contributed by atoms with Gasteiger partial charge < -0.3 is 35.9 Å². The number of rotatable bonds is 5. The number of ether oxygens (including phenoxy) is 1. The molecule has 5 N–H and O–H groups in total. The molecule has 0 amide bonds. The van der Waals surface area contributed by atoms with Gasteiger partial charge in [-0.2, -0.15) is 0 Å². The second kappa shape index (κ2) is 9.67.